The van der Waals surface area contributed by atoms with Gasteiger partial charge in [-0.15, -0.1) is 0 Å². The second kappa shape index (κ2) is 9.46. The zero-order valence-corrected chi connectivity index (χ0v) is 14.0. The minimum Gasteiger partial charge on any atom is -0.467 e. The Balaban J connectivity index is 3.30. The van der Waals surface area contributed by atoms with E-state index in [0.717, 1.165) is 5.56 Å². The zero-order valence-electron chi connectivity index (χ0n) is 14.0. The van der Waals surface area contributed by atoms with E-state index in [1.807, 2.05) is 19.9 Å². The van der Waals surface area contributed by atoms with Gasteiger partial charge in [0, 0.05) is 25.3 Å². The molecule has 0 radical (unpaired) electrons. The van der Waals surface area contributed by atoms with Crippen molar-refractivity contribution in [2.75, 3.05) is 27.8 Å². The van der Waals surface area contributed by atoms with Gasteiger partial charge in [-0.05, 0) is 39.3 Å². The SMILES string of the molecule is COCOc1ccc(C(C)O)c(OCOC)c1CC=C(C)C. The highest BCUT2D eigenvalue weighted by Crippen LogP contribution is 2.36. The number of aliphatic hydroxyl groups excluding tert-OH is 1. The summed E-state index contributed by atoms with van der Waals surface area (Å²) in [5.74, 6) is 1.28. The third kappa shape index (κ3) is 5.33. The highest BCUT2D eigenvalue weighted by atomic mass is 16.7. The minimum absolute atomic E-state index is 0.106. The zero-order chi connectivity index (χ0) is 16.5. The van der Waals surface area contributed by atoms with Crippen LogP contribution in [-0.4, -0.2) is 32.9 Å². The Morgan fingerprint density at radius 2 is 1.77 bits per heavy atom. The molecule has 1 atom stereocenters. The van der Waals surface area contributed by atoms with Crippen molar-refractivity contribution in [1.29, 1.82) is 0 Å². The van der Waals surface area contributed by atoms with Crippen molar-refractivity contribution in [3.63, 3.8) is 0 Å². The molecular weight excluding hydrogens is 284 g/mol. The van der Waals surface area contributed by atoms with Crippen LogP contribution in [0.3, 0.4) is 0 Å². The van der Waals surface area contributed by atoms with Crippen LogP contribution in [0.1, 0.15) is 38.0 Å². The first-order valence-electron chi connectivity index (χ1n) is 7.21. The van der Waals surface area contributed by atoms with E-state index in [0.29, 0.717) is 23.5 Å². The molecule has 0 aliphatic rings. The number of hydrogen-bond donors (Lipinski definition) is 1. The normalized spacial score (nSPS) is 11.9. The van der Waals surface area contributed by atoms with Crippen LogP contribution in [-0.2, 0) is 15.9 Å². The van der Waals surface area contributed by atoms with Crippen LogP contribution in [0, 0.1) is 0 Å². The third-order valence-corrected chi connectivity index (χ3v) is 3.07. The molecule has 1 aromatic rings. The van der Waals surface area contributed by atoms with Gasteiger partial charge in [-0.1, -0.05) is 11.6 Å². The maximum atomic E-state index is 9.97. The van der Waals surface area contributed by atoms with Gasteiger partial charge in [-0.3, -0.25) is 0 Å². The Bertz CT molecular complexity index is 490. The highest BCUT2D eigenvalue weighted by Gasteiger charge is 2.18. The second-order valence-corrected chi connectivity index (χ2v) is 5.22. The average molecular weight is 310 g/mol. The Morgan fingerprint density at radius 3 is 2.32 bits per heavy atom. The summed E-state index contributed by atoms with van der Waals surface area (Å²) in [6.45, 7) is 6.03. The number of aliphatic hydroxyl groups is 1. The molecule has 1 rings (SSSR count). The van der Waals surface area contributed by atoms with Crippen molar-refractivity contribution in [2.24, 2.45) is 0 Å². The van der Waals surface area contributed by atoms with E-state index in [-0.39, 0.29) is 13.6 Å². The van der Waals surface area contributed by atoms with E-state index in [1.165, 1.54) is 5.57 Å². The van der Waals surface area contributed by atoms with Crippen molar-refractivity contribution in [3.05, 3.63) is 34.9 Å². The summed E-state index contributed by atoms with van der Waals surface area (Å²) in [6.07, 6.45) is 2.08. The fourth-order valence-corrected chi connectivity index (χ4v) is 2.00. The molecule has 0 fully saturated rings. The molecule has 5 heteroatoms. The van der Waals surface area contributed by atoms with E-state index in [4.69, 9.17) is 18.9 Å². The van der Waals surface area contributed by atoms with E-state index in [9.17, 15) is 5.11 Å². The van der Waals surface area contributed by atoms with E-state index in [2.05, 4.69) is 6.08 Å². The summed E-state index contributed by atoms with van der Waals surface area (Å²) >= 11 is 0. The van der Waals surface area contributed by atoms with Gasteiger partial charge in [-0.25, -0.2) is 0 Å². The first-order valence-corrected chi connectivity index (χ1v) is 7.21. The molecule has 0 heterocycles. The van der Waals surface area contributed by atoms with Gasteiger partial charge in [0.2, 0.25) is 0 Å². The largest absolute Gasteiger partial charge is 0.467 e. The predicted octanol–water partition coefficient (Wildman–Crippen LogP) is 3.21. The Kier molecular flexibility index (Phi) is 7.95. The lowest BCUT2D eigenvalue weighted by Gasteiger charge is -2.20. The van der Waals surface area contributed by atoms with Gasteiger partial charge in [0.1, 0.15) is 11.5 Å². The van der Waals surface area contributed by atoms with Gasteiger partial charge in [0.15, 0.2) is 13.6 Å². The summed E-state index contributed by atoms with van der Waals surface area (Å²) in [5, 5.41) is 9.97. The smallest absolute Gasteiger partial charge is 0.188 e. The average Bonchev–Trinajstić information content (AvgIpc) is 2.48. The van der Waals surface area contributed by atoms with Crippen LogP contribution in [0.15, 0.2) is 23.8 Å². The summed E-state index contributed by atoms with van der Waals surface area (Å²) in [6, 6.07) is 3.63. The van der Waals surface area contributed by atoms with Gasteiger partial charge in [-0.2, -0.15) is 0 Å². The van der Waals surface area contributed by atoms with Crippen molar-refractivity contribution in [3.8, 4) is 11.5 Å². The number of hydrogen-bond acceptors (Lipinski definition) is 5. The first-order chi connectivity index (χ1) is 10.5. The highest BCUT2D eigenvalue weighted by molar-refractivity contribution is 5.52. The summed E-state index contributed by atoms with van der Waals surface area (Å²) < 4.78 is 21.3. The number of allylic oxidation sites excluding steroid dienone is 2. The molecular formula is C17H26O5. The predicted molar refractivity (Wildman–Crippen MR) is 85.2 cm³/mol. The van der Waals surface area contributed by atoms with Crippen LogP contribution < -0.4 is 9.47 Å². The maximum absolute atomic E-state index is 9.97. The lowest BCUT2D eigenvalue weighted by Crippen LogP contribution is -2.09. The number of ether oxygens (including phenoxy) is 4. The molecule has 0 aliphatic carbocycles. The monoisotopic (exact) mass is 310 g/mol. The van der Waals surface area contributed by atoms with Gasteiger partial charge < -0.3 is 24.1 Å². The molecule has 0 aromatic heterocycles. The molecule has 1 N–H and O–H groups in total. The molecule has 0 amide bonds. The van der Waals surface area contributed by atoms with E-state index >= 15 is 0 Å². The van der Waals surface area contributed by atoms with E-state index in [1.54, 1.807) is 27.2 Å². The molecule has 1 aromatic carbocycles. The molecule has 124 valence electrons. The van der Waals surface area contributed by atoms with Crippen LogP contribution in [0.4, 0.5) is 0 Å². The second-order valence-electron chi connectivity index (χ2n) is 5.22. The number of methoxy groups -OCH3 is 2. The summed E-state index contributed by atoms with van der Waals surface area (Å²) in [7, 11) is 3.13. The Labute approximate surface area is 132 Å². The molecule has 0 spiro atoms. The minimum atomic E-state index is -0.645. The molecule has 1 unspecified atom stereocenters. The van der Waals surface area contributed by atoms with Gasteiger partial charge in [0.05, 0.1) is 6.10 Å². The van der Waals surface area contributed by atoms with Crippen LogP contribution in [0.5, 0.6) is 11.5 Å². The summed E-state index contributed by atoms with van der Waals surface area (Å²) in [4.78, 5) is 0. The molecule has 5 nitrogen and oxygen atoms in total. The molecule has 0 saturated carbocycles. The van der Waals surface area contributed by atoms with Crippen LogP contribution in [0.2, 0.25) is 0 Å². The topological polar surface area (TPSA) is 57.2 Å². The summed E-state index contributed by atoms with van der Waals surface area (Å²) in [5.41, 5.74) is 2.77. The Hall–Kier alpha value is -1.56. The molecule has 0 bridgehead atoms. The molecule has 0 aliphatic heterocycles. The van der Waals surface area contributed by atoms with Crippen molar-refractivity contribution < 1.29 is 24.1 Å². The van der Waals surface area contributed by atoms with Crippen molar-refractivity contribution in [1.82, 2.24) is 0 Å². The lowest BCUT2D eigenvalue weighted by atomic mass is 10.0. The number of rotatable bonds is 9. The Morgan fingerprint density at radius 1 is 1.14 bits per heavy atom. The van der Waals surface area contributed by atoms with Crippen LogP contribution in [0.25, 0.3) is 0 Å². The maximum Gasteiger partial charge on any atom is 0.188 e. The molecule has 0 saturated heterocycles. The number of benzene rings is 1. The van der Waals surface area contributed by atoms with Gasteiger partial charge in [0.25, 0.3) is 0 Å². The van der Waals surface area contributed by atoms with Crippen molar-refractivity contribution >= 4 is 0 Å². The quantitative estimate of drug-likeness (QED) is 0.560. The standard InChI is InChI=1S/C17H26O5/c1-12(2)6-7-15-16(21-10-19-4)9-8-14(13(3)18)17(15)22-11-20-5/h6,8-9,13,18H,7,10-11H2,1-5H3. The fraction of sp³-hybridized carbons (Fsp3) is 0.529. The van der Waals surface area contributed by atoms with Crippen LogP contribution >= 0.6 is 0 Å². The van der Waals surface area contributed by atoms with E-state index < -0.39 is 6.10 Å². The molecule has 22 heavy (non-hydrogen) atoms. The fourth-order valence-electron chi connectivity index (χ4n) is 2.00. The van der Waals surface area contributed by atoms with Crippen molar-refractivity contribution in [2.45, 2.75) is 33.3 Å². The lowest BCUT2D eigenvalue weighted by molar-refractivity contribution is 0.0430. The van der Waals surface area contributed by atoms with Gasteiger partial charge >= 0.3 is 0 Å². The third-order valence-electron chi connectivity index (χ3n) is 3.07. The first kappa shape index (κ1) is 18.5.